The van der Waals surface area contributed by atoms with Crippen LogP contribution in [0.3, 0.4) is 0 Å². The summed E-state index contributed by atoms with van der Waals surface area (Å²) in [4.78, 5) is 16.2. The maximum atomic E-state index is 12.8. The van der Waals surface area contributed by atoms with Gasteiger partial charge in [-0.1, -0.05) is 37.6 Å². The lowest BCUT2D eigenvalue weighted by molar-refractivity contribution is 0.318. The van der Waals surface area contributed by atoms with E-state index in [4.69, 9.17) is 16.3 Å². The van der Waals surface area contributed by atoms with Crippen molar-refractivity contribution < 1.29 is 4.74 Å². The number of hydrogen-bond donors (Lipinski definition) is 1. The summed E-state index contributed by atoms with van der Waals surface area (Å²) < 4.78 is 8.99. The average molecular weight is 386 g/mol. The van der Waals surface area contributed by atoms with Gasteiger partial charge in [0.15, 0.2) is 5.65 Å². The zero-order valence-electron chi connectivity index (χ0n) is 15.2. The molecule has 0 fully saturated rings. The fourth-order valence-corrected chi connectivity index (χ4v) is 3.63. The molecule has 0 spiro atoms. The van der Waals surface area contributed by atoms with Gasteiger partial charge in [0.05, 0.1) is 22.8 Å². The van der Waals surface area contributed by atoms with Crippen molar-refractivity contribution in [2.75, 3.05) is 6.61 Å². The normalized spacial score (nSPS) is 11.5. The van der Waals surface area contributed by atoms with E-state index in [2.05, 4.69) is 22.1 Å². The highest BCUT2D eigenvalue weighted by Gasteiger charge is 2.22. The van der Waals surface area contributed by atoms with E-state index in [1.807, 2.05) is 31.2 Å². The lowest BCUT2D eigenvalue weighted by Gasteiger charge is -2.10. The van der Waals surface area contributed by atoms with Crippen LogP contribution in [0.25, 0.3) is 27.9 Å². The summed E-state index contributed by atoms with van der Waals surface area (Å²) in [7, 11) is 0. The van der Waals surface area contributed by atoms with Crippen molar-refractivity contribution in [2.24, 2.45) is 0 Å². The van der Waals surface area contributed by atoms with Crippen LogP contribution in [0.2, 0.25) is 5.02 Å². The van der Waals surface area contributed by atoms with Gasteiger partial charge in [-0.05, 0) is 25.0 Å². The number of nitrogens with zero attached hydrogens (tertiary/aromatic N) is 4. The fourth-order valence-electron chi connectivity index (χ4n) is 3.28. The van der Waals surface area contributed by atoms with Crippen LogP contribution in [0.15, 0.2) is 35.4 Å². The van der Waals surface area contributed by atoms with Gasteiger partial charge in [-0.3, -0.25) is 4.57 Å². The number of benzene rings is 1. The molecule has 4 rings (SSSR count). The highest BCUT2D eigenvalue weighted by molar-refractivity contribution is 6.38. The molecule has 8 heteroatoms. The van der Waals surface area contributed by atoms with Gasteiger partial charge in [-0.25, -0.2) is 9.20 Å². The molecule has 1 N–H and O–H groups in total. The van der Waals surface area contributed by atoms with Gasteiger partial charge in [0.1, 0.15) is 17.6 Å². The number of hydrogen-bond acceptors (Lipinski definition) is 4. The van der Waals surface area contributed by atoms with Crippen LogP contribution < -0.4 is 10.4 Å². The Bertz CT molecular complexity index is 1170. The number of aromatic amines is 1. The van der Waals surface area contributed by atoms with Gasteiger partial charge in [0.25, 0.3) is 0 Å². The van der Waals surface area contributed by atoms with Crippen molar-refractivity contribution in [2.45, 2.75) is 33.2 Å². The summed E-state index contributed by atoms with van der Waals surface area (Å²) in [6.07, 6.45) is 3.14. The number of nitrogens with one attached hydrogen (secondary N) is 1. The molecular formula is C19H20ClN5O2. The summed E-state index contributed by atoms with van der Waals surface area (Å²) in [5.41, 5.74) is 3.14. The summed E-state index contributed by atoms with van der Waals surface area (Å²) >= 11 is 6.77. The fraction of sp³-hybridized carbons (Fsp3) is 0.316. The van der Waals surface area contributed by atoms with Crippen LogP contribution in [-0.4, -0.2) is 30.8 Å². The summed E-state index contributed by atoms with van der Waals surface area (Å²) in [6.45, 7) is 5.24. The Morgan fingerprint density at radius 1 is 1.22 bits per heavy atom. The zero-order valence-corrected chi connectivity index (χ0v) is 16.0. The molecule has 0 unspecified atom stereocenters. The molecule has 1 aromatic carbocycles. The number of fused-ring (bicyclic) bond motifs is 3. The Morgan fingerprint density at radius 2 is 2.04 bits per heavy atom. The van der Waals surface area contributed by atoms with E-state index in [1.54, 1.807) is 4.57 Å². The van der Waals surface area contributed by atoms with Gasteiger partial charge in [0.2, 0.25) is 0 Å². The molecule has 0 amide bonds. The third-order valence-corrected chi connectivity index (χ3v) is 4.83. The van der Waals surface area contributed by atoms with E-state index in [-0.39, 0.29) is 5.69 Å². The van der Waals surface area contributed by atoms with Crippen LogP contribution >= 0.6 is 11.6 Å². The monoisotopic (exact) mass is 385 g/mol. The molecule has 4 aromatic rings. The summed E-state index contributed by atoms with van der Waals surface area (Å²) in [5.74, 6) is 0.745. The minimum absolute atomic E-state index is 0.202. The molecule has 3 heterocycles. The molecule has 0 saturated carbocycles. The van der Waals surface area contributed by atoms with Crippen LogP contribution in [0.5, 0.6) is 5.75 Å². The second kappa shape index (κ2) is 7.08. The van der Waals surface area contributed by atoms with E-state index in [0.29, 0.717) is 40.5 Å². The molecular weight excluding hydrogens is 366 g/mol. The Hall–Kier alpha value is -2.80. The van der Waals surface area contributed by atoms with E-state index in [1.165, 1.54) is 10.7 Å². The van der Waals surface area contributed by atoms with E-state index in [9.17, 15) is 4.79 Å². The van der Waals surface area contributed by atoms with Gasteiger partial charge in [-0.2, -0.15) is 0 Å². The molecule has 7 nitrogen and oxygen atoms in total. The topological polar surface area (TPSA) is 77.2 Å². The quantitative estimate of drug-likeness (QED) is 0.546. The molecule has 0 radical (unpaired) electrons. The number of aromatic nitrogens is 5. The average Bonchev–Trinajstić information content (AvgIpc) is 3.29. The summed E-state index contributed by atoms with van der Waals surface area (Å²) in [5, 5.41) is 8.48. The lowest BCUT2D eigenvalue weighted by atomic mass is 10.1. The molecule has 0 aliphatic rings. The second-order valence-corrected chi connectivity index (χ2v) is 6.72. The van der Waals surface area contributed by atoms with E-state index in [0.717, 1.165) is 24.2 Å². The molecule has 0 saturated heterocycles. The third kappa shape index (κ3) is 2.78. The standard InChI is InChI=1S/C19H20ClN5O2/c1-3-9-24-17-14(20)15(12-7-5-6-8-13(12)27-10-4-2)22-16(17)18-23-21-11-25(18)19(24)26/h5-8,11,22H,3-4,9-10H2,1-2H3. The number of rotatable bonds is 6. The van der Waals surface area contributed by atoms with Crippen molar-refractivity contribution >= 4 is 28.3 Å². The smallest absolute Gasteiger partial charge is 0.335 e. The van der Waals surface area contributed by atoms with Crippen LogP contribution in [-0.2, 0) is 6.54 Å². The summed E-state index contributed by atoms with van der Waals surface area (Å²) in [6, 6.07) is 7.72. The maximum absolute atomic E-state index is 12.8. The number of halogens is 1. The molecule has 0 aliphatic carbocycles. The Balaban J connectivity index is 2.04. The minimum Gasteiger partial charge on any atom is -0.493 e. The molecule has 0 aliphatic heterocycles. The van der Waals surface area contributed by atoms with Crippen molar-refractivity contribution in [3.8, 4) is 17.0 Å². The third-order valence-electron chi connectivity index (χ3n) is 4.46. The van der Waals surface area contributed by atoms with Gasteiger partial charge in [0, 0.05) is 12.1 Å². The Labute approximate surface area is 160 Å². The first-order valence-electron chi connectivity index (χ1n) is 9.03. The highest BCUT2D eigenvalue weighted by atomic mass is 35.5. The van der Waals surface area contributed by atoms with Crippen LogP contribution in [0, 0.1) is 0 Å². The SMILES string of the molecule is CCCOc1ccccc1-c1[nH]c2c(c1Cl)n(CCC)c(=O)n1cnnc21. The first-order valence-corrected chi connectivity index (χ1v) is 9.41. The first kappa shape index (κ1) is 17.6. The van der Waals surface area contributed by atoms with Crippen LogP contribution in [0.1, 0.15) is 26.7 Å². The zero-order chi connectivity index (χ0) is 19.0. The van der Waals surface area contributed by atoms with Crippen molar-refractivity contribution in [3.05, 3.63) is 46.1 Å². The van der Waals surface area contributed by atoms with Crippen LogP contribution in [0.4, 0.5) is 0 Å². The molecule has 3 aromatic heterocycles. The van der Waals surface area contributed by atoms with Crippen molar-refractivity contribution in [1.82, 2.24) is 24.1 Å². The second-order valence-electron chi connectivity index (χ2n) is 6.34. The maximum Gasteiger partial charge on any atom is 0.335 e. The molecule has 140 valence electrons. The predicted octanol–water partition coefficient (Wildman–Crippen LogP) is 3.89. The minimum atomic E-state index is -0.202. The lowest BCUT2D eigenvalue weighted by Crippen LogP contribution is -2.26. The molecule has 0 bridgehead atoms. The number of ether oxygens (including phenoxy) is 1. The highest BCUT2D eigenvalue weighted by Crippen LogP contribution is 2.39. The van der Waals surface area contributed by atoms with E-state index >= 15 is 0 Å². The number of para-hydroxylation sites is 1. The Morgan fingerprint density at radius 3 is 2.81 bits per heavy atom. The predicted molar refractivity (Wildman–Crippen MR) is 106 cm³/mol. The number of aryl methyl sites for hydroxylation is 1. The van der Waals surface area contributed by atoms with Gasteiger partial charge >= 0.3 is 5.69 Å². The van der Waals surface area contributed by atoms with E-state index < -0.39 is 0 Å². The van der Waals surface area contributed by atoms with Gasteiger partial charge < -0.3 is 9.72 Å². The Kier molecular flexibility index (Phi) is 4.61. The van der Waals surface area contributed by atoms with Gasteiger partial charge in [-0.15, -0.1) is 10.2 Å². The van der Waals surface area contributed by atoms with Crippen molar-refractivity contribution in [3.63, 3.8) is 0 Å². The van der Waals surface area contributed by atoms with Crippen molar-refractivity contribution in [1.29, 1.82) is 0 Å². The first-order chi connectivity index (χ1) is 13.2. The number of H-pyrrole nitrogens is 1. The largest absolute Gasteiger partial charge is 0.493 e. The molecule has 27 heavy (non-hydrogen) atoms. The molecule has 0 atom stereocenters.